The van der Waals surface area contributed by atoms with E-state index in [0.29, 0.717) is 43.3 Å². The van der Waals surface area contributed by atoms with Gasteiger partial charge >= 0.3 is 0 Å². The maximum atomic E-state index is 13.9. The molecule has 1 aliphatic rings. The first kappa shape index (κ1) is 20.0. The molecule has 3 heterocycles. The summed E-state index contributed by atoms with van der Waals surface area (Å²) in [5, 5.41) is 4.34. The highest BCUT2D eigenvalue weighted by Gasteiger charge is 2.25. The van der Waals surface area contributed by atoms with Crippen molar-refractivity contribution in [3.8, 4) is 17.0 Å². The number of carbonyl (C=O) groups excluding carboxylic acids is 1. The lowest BCUT2D eigenvalue weighted by Gasteiger charge is -2.32. The zero-order chi connectivity index (χ0) is 20.9. The molecule has 8 heteroatoms. The number of carbonyl (C=O) groups is 1. The summed E-state index contributed by atoms with van der Waals surface area (Å²) in [6, 6.07) is 11.9. The normalized spacial score (nSPS) is 16.5. The first-order valence-electron chi connectivity index (χ1n) is 9.81. The summed E-state index contributed by atoms with van der Waals surface area (Å²) in [6.07, 6.45) is 3.15. The van der Waals surface area contributed by atoms with Crippen molar-refractivity contribution in [3.05, 3.63) is 66.4 Å². The van der Waals surface area contributed by atoms with Crippen molar-refractivity contribution >= 4 is 5.91 Å². The number of rotatable bonds is 6. The van der Waals surface area contributed by atoms with Crippen LogP contribution in [0.1, 0.15) is 5.69 Å². The topological polar surface area (TPSA) is 69.5 Å². The number of hydrogen-bond donors (Lipinski definition) is 0. The van der Waals surface area contributed by atoms with E-state index in [-0.39, 0.29) is 24.4 Å². The fourth-order valence-electron chi connectivity index (χ4n) is 3.28. The lowest BCUT2D eigenvalue weighted by atomic mass is 10.1. The number of aryl methyl sites for hydroxylation is 1. The number of morpholine rings is 1. The number of amides is 1. The zero-order valence-corrected chi connectivity index (χ0v) is 16.7. The second kappa shape index (κ2) is 9.04. The molecule has 1 aromatic carbocycles. The molecule has 4 rings (SSSR count). The van der Waals surface area contributed by atoms with Gasteiger partial charge in [-0.3, -0.25) is 14.5 Å². The molecule has 0 spiro atoms. The van der Waals surface area contributed by atoms with Crippen LogP contribution in [0, 0.1) is 12.7 Å². The largest absolute Gasteiger partial charge is 0.489 e. The van der Waals surface area contributed by atoms with E-state index in [2.05, 4.69) is 10.1 Å². The molecule has 1 amide bonds. The molecule has 0 N–H and O–H groups in total. The highest BCUT2D eigenvalue weighted by molar-refractivity contribution is 5.76. The van der Waals surface area contributed by atoms with Gasteiger partial charge in [0, 0.05) is 24.0 Å². The average Bonchev–Trinajstić information content (AvgIpc) is 3.22. The van der Waals surface area contributed by atoms with E-state index in [1.54, 1.807) is 41.6 Å². The lowest BCUT2D eigenvalue weighted by molar-refractivity contribution is -0.140. The van der Waals surface area contributed by atoms with Gasteiger partial charge in [-0.15, -0.1) is 0 Å². The van der Waals surface area contributed by atoms with Crippen LogP contribution >= 0.6 is 0 Å². The Morgan fingerprint density at radius 2 is 2.13 bits per heavy atom. The highest BCUT2D eigenvalue weighted by Crippen LogP contribution is 2.20. The third-order valence-electron chi connectivity index (χ3n) is 4.90. The summed E-state index contributed by atoms with van der Waals surface area (Å²) < 4.78 is 26.9. The molecule has 0 bridgehead atoms. The van der Waals surface area contributed by atoms with E-state index in [1.165, 1.54) is 10.7 Å². The molecule has 0 aliphatic carbocycles. The zero-order valence-electron chi connectivity index (χ0n) is 16.7. The number of nitrogens with zero attached hydrogens (tertiary/aromatic N) is 4. The molecule has 156 valence electrons. The summed E-state index contributed by atoms with van der Waals surface area (Å²) in [4.78, 5) is 18.7. The summed E-state index contributed by atoms with van der Waals surface area (Å²) in [5.74, 6) is 0.266. The van der Waals surface area contributed by atoms with Gasteiger partial charge in [0.1, 0.15) is 30.8 Å². The van der Waals surface area contributed by atoms with Crippen molar-refractivity contribution in [2.24, 2.45) is 0 Å². The van der Waals surface area contributed by atoms with Gasteiger partial charge in [-0.2, -0.15) is 5.10 Å². The van der Waals surface area contributed by atoms with Crippen LogP contribution < -0.4 is 4.74 Å². The van der Waals surface area contributed by atoms with Crippen LogP contribution in [-0.4, -0.2) is 58.0 Å². The minimum absolute atomic E-state index is 0.0662. The molecule has 1 fully saturated rings. The van der Waals surface area contributed by atoms with Crippen molar-refractivity contribution in [2.45, 2.75) is 19.6 Å². The monoisotopic (exact) mass is 410 g/mol. The number of ether oxygens (including phenoxy) is 2. The summed E-state index contributed by atoms with van der Waals surface area (Å²) >= 11 is 0. The molecule has 1 unspecified atom stereocenters. The third kappa shape index (κ3) is 4.83. The molecule has 0 saturated carbocycles. The van der Waals surface area contributed by atoms with Crippen LogP contribution in [0.3, 0.4) is 0 Å². The first-order valence-corrected chi connectivity index (χ1v) is 9.81. The molecule has 2 aromatic heterocycles. The number of hydrogen-bond acceptors (Lipinski definition) is 5. The number of aromatic nitrogens is 3. The Balaban J connectivity index is 1.32. The quantitative estimate of drug-likeness (QED) is 0.625. The van der Waals surface area contributed by atoms with Crippen molar-refractivity contribution in [3.63, 3.8) is 0 Å². The fourth-order valence-corrected chi connectivity index (χ4v) is 3.28. The van der Waals surface area contributed by atoms with E-state index >= 15 is 0 Å². The molecule has 1 aliphatic heterocycles. The van der Waals surface area contributed by atoms with Gasteiger partial charge in [0.05, 0.1) is 25.0 Å². The second-order valence-electron chi connectivity index (χ2n) is 7.16. The van der Waals surface area contributed by atoms with Gasteiger partial charge in [0.15, 0.2) is 0 Å². The van der Waals surface area contributed by atoms with E-state index in [9.17, 15) is 9.18 Å². The lowest BCUT2D eigenvalue weighted by Crippen LogP contribution is -2.48. The molecule has 30 heavy (non-hydrogen) atoms. The van der Waals surface area contributed by atoms with E-state index in [4.69, 9.17) is 9.47 Å². The molecule has 0 radical (unpaired) electrons. The van der Waals surface area contributed by atoms with Gasteiger partial charge in [-0.1, -0.05) is 12.1 Å². The summed E-state index contributed by atoms with van der Waals surface area (Å²) in [7, 11) is 0. The number of benzene rings is 1. The van der Waals surface area contributed by atoms with Gasteiger partial charge in [-0.05, 0) is 37.3 Å². The average molecular weight is 410 g/mol. The minimum atomic E-state index is -0.339. The molecule has 1 saturated heterocycles. The van der Waals surface area contributed by atoms with Crippen LogP contribution in [-0.2, 0) is 16.1 Å². The van der Waals surface area contributed by atoms with Crippen molar-refractivity contribution in [1.82, 2.24) is 19.7 Å². The fraction of sp³-hybridized carbons (Fsp3) is 0.318. The van der Waals surface area contributed by atoms with Gasteiger partial charge in [-0.25, -0.2) is 4.39 Å². The summed E-state index contributed by atoms with van der Waals surface area (Å²) in [6.45, 7) is 3.75. The van der Waals surface area contributed by atoms with Crippen LogP contribution in [0.25, 0.3) is 11.3 Å². The molecular formula is C22H23FN4O3. The van der Waals surface area contributed by atoms with Crippen LogP contribution in [0.4, 0.5) is 4.39 Å². The standard InChI is InChI=1S/C22H23FN4O3/c1-16-6-7-17(12-24-16)30-15-18-13-26(10-11-29-18)22(28)14-27-9-8-21(25-27)19-4-2-3-5-20(19)23/h2-9,12,18H,10-11,13-15H2,1H3. The van der Waals surface area contributed by atoms with E-state index in [1.807, 2.05) is 19.1 Å². The van der Waals surface area contributed by atoms with Crippen LogP contribution in [0.5, 0.6) is 5.75 Å². The van der Waals surface area contributed by atoms with Crippen LogP contribution in [0.2, 0.25) is 0 Å². The van der Waals surface area contributed by atoms with Crippen molar-refractivity contribution < 1.29 is 18.7 Å². The molecule has 3 aromatic rings. The number of halogens is 1. The Morgan fingerprint density at radius 1 is 1.27 bits per heavy atom. The SMILES string of the molecule is Cc1ccc(OCC2CN(C(=O)Cn3ccc(-c4ccccc4F)n3)CCO2)cn1. The molecular weight excluding hydrogens is 387 g/mol. The Morgan fingerprint density at radius 3 is 2.93 bits per heavy atom. The molecule has 7 nitrogen and oxygen atoms in total. The van der Waals surface area contributed by atoms with E-state index in [0.717, 1.165) is 5.69 Å². The van der Waals surface area contributed by atoms with Crippen LogP contribution in [0.15, 0.2) is 54.9 Å². The highest BCUT2D eigenvalue weighted by atomic mass is 19.1. The third-order valence-corrected chi connectivity index (χ3v) is 4.90. The first-order chi connectivity index (χ1) is 14.6. The maximum Gasteiger partial charge on any atom is 0.244 e. The Labute approximate surface area is 174 Å². The minimum Gasteiger partial charge on any atom is -0.489 e. The van der Waals surface area contributed by atoms with Gasteiger partial charge in [0.2, 0.25) is 5.91 Å². The Hall–Kier alpha value is -3.26. The second-order valence-corrected chi connectivity index (χ2v) is 7.16. The Bertz CT molecular complexity index is 1010. The van der Waals surface area contributed by atoms with Crippen molar-refractivity contribution in [2.75, 3.05) is 26.3 Å². The summed E-state index contributed by atoms with van der Waals surface area (Å²) in [5.41, 5.74) is 1.84. The number of pyridine rings is 1. The smallest absolute Gasteiger partial charge is 0.244 e. The maximum absolute atomic E-state index is 13.9. The predicted octanol–water partition coefficient (Wildman–Crippen LogP) is 2.70. The van der Waals surface area contributed by atoms with E-state index < -0.39 is 0 Å². The Kier molecular flexibility index (Phi) is 6.04. The van der Waals surface area contributed by atoms with Gasteiger partial charge < -0.3 is 14.4 Å². The van der Waals surface area contributed by atoms with Crippen molar-refractivity contribution in [1.29, 1.82) is 0 Å². The predicted molar refractivity (Wildman–Crippen MR) is 108 cm³/mol. The van der Waals surface area contributed by atoms with Gasteiger partial charge in [0.25, 0.3) is 0 Å². The molecule has 1 atom stereocenters.